The fourth-order valence-electron chi connectivity index (χ4n) is 3.43. The van der Waals surface area contributed by atoms with Crippen molar-refractivity contribution in [2.45, 2.75) is 50.1 Å². The fraction of sp³-hybridized carbons (Fsp3) is 0.400. The van der Waals surface area contributed by atoms with Gasteiger partial charge in [-0.15, -0.1) is 10.2 Å². The molecule has 0 atom stereocenters. The van der Waals surface area contributed by atoms with Crippen LogP contribution in [0.5, 0.6) is 0 Å². The molecule has 170 valence electrons. The number of carbonyl (C=O) groups excluding carboxylic acids is 1. The Labute approximate surface area is 194 Å². The maximum Gasteiger partial charge on any atom is 0.220 e. The van der Waals surface area contributed by atoms with Crippen LogP contribution in [0.25, 0.3) is 0 Å². The van der Waals surface area contributed by atoms with Gasteiger partial charge in [0, 0.05) is 32.2 Å². The van der Waals surface area contributed by atoms with E-state index in [2.05, 4.69) is 75.5 Å². The van der Waals surface area contributed by atoms with Crippen molar-refractivity contribution in [2.24, 2.45) is 0 Å². The third-order valence-corrected chi connectivity index (χ3v) is 6.15. The van der Waals surface area contributed by atoms with E-state index in [-0.39, 0.29) is 5.91 Å². The molecule has 1 aromatic heterocycles. The zero-order valence-corrected chi connectivity index (χ0v) is 19.7. The second kappa shape index (κ2) is 13.0. The fourth-order valence-corrected chi connectivity index (χ4v) is 4.33. The Morgan fingerprint density at radius 2 is 1.88 bits per heavy atom. The van der Waals surface area contributed by atoms with E-state index in [1.165, 1.54) is 16.7 Å². The molecule has 6 nitrogen and oxygen atoms in total. The number of carbonyl (C=O) groups is 1. The normalized spacial score (nSPS) is 10.9. The summed E-state index contributed by atoms with van der Waals surface area (Å²) in [5.41, 5.74) is 3.77. The lowest BCUT2D eigenvalue weighted by atomic mass is 10.1. The molecule has 1 amide bonds. The summed E-state index contributed by atoms with van der Waals surface area (Å²) in [5.74, 6) is 1.90. The first kappa shape index (κ1) is 24.0. The molecule has 7 heteroatoms. The number of aromatic nitrogens is 3. The molecule has 0 fully saturated rings. The lowest BCUT2D eigenvalue weighted by Gasteiger charge is -2.11. The van der Waals surface area contributed by atoms with Gasteiger partial charge in [-0.2, -0.15) is 0 Å². The van der Waals surface area contributed by atoms with Crippen LogP contribution in [0, 0.1) is 6.92 Å². The first-order valence-electron chi connectivity index (χ1n) is 11.1. The van der Waals surface area contributed by atoms with Crippen LogP contribution in [0.4, 0.5) is 0 Å². The van der Waals surface area contributed by atoms with Gasteiger partial charge < -0.3 is 14.6 Å². The Balaban J connectivity index is 1.61. The van der Waals surface area contributed by atoms with Crippen molar-refractivity contribution < 1.29 is 9.53 Å². The van der Waals surface area contributed by atoms with Crippen LogP contribution >= 0.6 is 11.8 Å². The van der Waals surface area contributed by atoms with E-state index in [1.807, 2.05) is 6.07 Å². The monoisotopic (exact) mass is 452 g/mol. The topological polar surface area (TPSA) is 69.0 Å². The molecule has 3 rings (SSSR count). The lowest BCUT2D eigenvalue weighted by Crippen LogP contribution is -2.26. The van der Waals surface area contributed by atoms with Crippen LogP contribution in [0.2, 0.25) is 0 Å². The number of nitrogens with one attached hydrogen (secondary N) is 1. The van der Waals surface area contributed by atoms with Gasteiger partial charge in [0.05, 0.1) is 13.2 Å². The number of hydrogen-bond acceptors (Lipinski definition) is 5. The van der Waals surface area contributed by atoms with E-state index in [0.29, 0.717) is 19.6 Å². The SMILES string of the molecule is COCCNC(=O)CCCCc1nnc(SCc2cccc(C)c2)n1Cc1ccccc1. The molecule has 32 heavy (non-hydrogen) atoms. The molecular weight excluding hydrogens is 420 g/mol. The third-order valence-electron chi connectivity index (χ3n) is 5.11. The Kier molecular flexibility index (Phi) is 9.78. The Bertz CT molecular complexity index is 975. The lowest BCUT2D eigenvalue weighted by molar-refractivity contribution is -0.121. The minimum absolute atomic E-state index is 0.0715. The van der Waals surface area contributed by atoms with Gasteiger partial charge in [-0.1, -0.05) is 71.9 Å². The van der Waals surface area contributed by atoms with E-state index in [1.54, 1.807) is 18.9 Å². The van der Waals surface area contributed by atoms with Gasteiger partial charge in [-0.25, -0.2) is 0 Å². The number of nitrogens with zero attached hydrogens (tertiary/aromatic N) is 3. The van der Waals surface area contributed by atoms with Crippen molar-refractivity contribution >= 4 is 17.7 Å². The van der Waals surface area contributed by atoms with E-state index < -0.39 is 0 Å². The molecule has 0 saturated heterocycles. The smallest absolute Gasteiger partial charge is 0.220 e. The van der Waals surface area contributed by atoms with Crippen molar-refractivity contribution in [3.8, 4) is 0 Å². The molecular formula is C25H32N4O2S. The summed E-state index contributed by atoms with van der Waals surface area (Å²) in [7, 11) is 1.63. The average Bonchev–Trinajstić information content (AvgIpc) is 3.17. The predicted molar refractivity (Wildman–Crippen MR) is 129 cm³/mol. The summed E-state index contributed by atoms with van der Waals surface area (Å²) < 4.78 is 7.18. The summed E-state index contributed by atoms with van der Waals surface area (Å²) in [6.07, 6.45) is 3.04. The summed E-state index contributed by atoms with van der Waals surface area (Å²) in [6.45, 7) is 3.96. The molecule has 0 saturated carbocycles. The predicted octanol–water partition coefficient (Wildman–Crippen LogP) is 4.40. The van der Waals surface area contributed by atoms with E-state index in [4.69, 9.17) is 4.74 Å². The van der Waals surface area contributed by atoms with Gasteiger partial charge in [0.2, 0.25) is 5.91 Å². The number of aryl methyl sites for hydroxylation is 2. The summed E-state index contributed by atoms with van der Waals surface area (Å²) in [6, 6.07) is 19.0. The Hall–Kier alpha value is -2.64. The van der Waals surface area contributed by atoms with Crippen LogP contribution in [0.3, 0.4) is 0 Å². The van der Waals surface area contributed by atoms with Gasteiger partial charge in [0.25, 0.3) is 0 Å². The summed E-state index contributed by atoms with van der Waals surface area (Å²) in [4.78, 5) is 11.9. The second-order valence-corrected chi connectivity index (χ2v) is 8.74. The van der Waals surface area contributed by atoms with Crippen LogP contribution < -0.4 is 5.32 Å². The zero-order chi connectivity index (χ0) is 22.6. The largest absolute Gasteiger partial charge is 0.383 e. The van der Waals surface area contributed by atoms with Crippen molar-refractivity contribution in [3.63, 3.8) is 0 Å². The first-order chi connectivity index (χ1) is 15.7. The van der Waals surface area contributed by atoms with Crippen LogP contribution in [0.15, 0.2) is 59.8 Å². The third kappa shape index (κ3) is 7.80. The van der Waals surface area contributed by atoms with Crippen LogP contribution in [-0.4, -0.2) is 40.9 Å². The number of methoxy groups -OCH3 is 1. The molecule has 2 aromatic carbocycles. The van der Waals surface area contributed by atoms with E-state index in [9.17, 15) is 4.79 Å². The molecule has 0 aliphatic rings. The van der Waals surface area contributed by atoms with Gasteiger partial charge >= 0.3 is 0 Å². The number of unbranched alkanes of at least 4 members (excludes halogenated alkanes) is 1. The van der Waals surface area contributed by atoms with Gasteiger partial charge in [0.15, 0.2) is 5.16 Å². The second-order valence-electron chi connectivity index (χ2n) is 7.80. The number of thioether (sulfide) groups is 1. The highest BCUT2D eigenvalue weighted by Gasteiger charge is 2.14. The van der Waals surface area contributed by atoms with Crippen LogP contribution in [-0.2, 0) is 28.2 Å². The molecule has 0 spiro atoms. The number of hydrogen-bond donors (Lipinski definition) is 1. The Morgan fingerprint density at radius 3 is 2.66 bits per heavy atom. The first-order valence-corrected chi connectivity index (χ1v) is 12.0. The summed E-state index contributed by atoms with van der Waals surface area (Å²) >= 11 is 1.72. The molecule has 0 aliphatic heterocycles. The zero-order valence-electron chi connectivity index (χ0n) is 18.9. The van der Waals surface area contributed by atoms with Crippen molar-refractivity contribution in [2.75, 3.05) is 20.3 Å². The minimum Gasteiger partial charge on any atom is -0.383 e. The highest BCUT2D eigenvalue weighted by Crippen LogP contribution is 2.24. The van der Waals surface area contributed by atoms with E-state index in [0.717, 1.165) is 42.5 Å². The molecule has 3 aromatic rings. The van der Waals surface area contributed by atoms with E-state index >= 15 is 0 Å². The van der Waals surface area contributed by atoms with Crippen molar-refractivity contribution in [1.82, 2.24) is 20.1 Å². The average molecular weight is 453 g/mol. The Morgan fingerprint density at radius 1 is 1.06 bits per heavy atom. The standard InChI is InChI=1S/C25H32N4O2S/c1-20-9-8-12-22(17-20)19-32-25-28-27-23(29(25)18-21-10-4-3-5-11-21)13-6-7-14-24(30)26-15-16-31-2/h3-5,8-12,17H,6-7,13-16,18-19H2,1-2H3,(H,26,30). The quantitative estimate of drug-likeness (QED) is 0.307. The molecule has 0 unspecified atom stereocenters. The number of rotatable bonds is 13. The maximum absolute atomic E-state index is 11.9. The highest BCUT2D eigenvalue weighted by atomic mass is 32.2. The molecule has 0 aliphatic carbocycles. The van der Waals surface area contributed by atoms with Crippen molar-refractivity contribution in [3.05, 3.63) is 77.1 Å². The molecule has 1 N–H and O–H groups in total. The van der Waals surface area contributed by atoms with Crippen LogP contribution in [0.1, 0.15) is 41.8 Å². The van der Waals surface area contributed by atoms with Crippen molar-refractivity contribution in [1.29, 1.82) is 0 Å². The number of ether oxygens (including phenoxy) is 1. The van der Waals surface area contributed by atoms with Gasteiger partial charge in [0.1, 0.15) is 5.82 Å². The highest BCUT2D eigenvalue weighted by molar-refractivity contribution is 7.98. The summed E-state index contributed by atoms with van der Waals surface area (Å²) in [5, 5.41) is 12.8. The molecule has 1 heterocycles. The van der Waals surface area contributed by atoms with Gasteiger partial charge in [-0.3, -0.25) is 4.79 Å². The molecule has 0 radical (unpaired) electrons. The number of benzene rings is 2. The maximum atomic E-state index is 11.9. The number of amides is 1. The minimum atomic E-state index is 0.0715. The van der Waals surface area contributed by atoms with Gasteiger partial charge in [-0.05, 0) is 30.9 Å². The molecule has 0 bridgehead atoms.